The number of benzene rings is 1. The first kappa shape index (κ1) is 24.4. The molecule has 2 heterocycles. The SMILES string of the molecule is COc1cc(NC(=O)c2cnc(OCC(F)(F)F)c(Cl)c2)c(C(=O)N2CCCC2)cc1OC. The summed E-state index contributed by atoms with van der Waals surface area (Å²) in [4.78, 5) is 31.2. The summed E-state index contributed by atoms with van der Waals surface area (Å²) in [6, 6.07) is 4.06. The summed E-state index contributed by atoms with van der Waals surface area (Å²) in [5.41, 5.74) is 0.323. The van der Waals surface area contributed by atoms with Crippen LogP contribution in [0.2, 0.25) is 5.02 Å². The minimum absolute atomic E-state index is 0.0475. The number of aromatic nitrogens is 1. The lowest BCUT2D eigenvalue weighted by atomic mass is 10.1. The van der Waals surface area contributed by atoms with Gasteiger partial charge in [0.1, 0.15) is 5.02 Å². The number of hydrogen-bond acceptors (Lipinski definition) is 6. The molecule has 1 aromatic heterocycles. The number of alkyl halides is 3. The highest BCUT2D eigenvalue weighted by atomic mass is 35.5. The zero-order chi connectivity index (χ0) is 24.2. The zero-order valence-corrected chi connectivity index (χ0v) is 18.5. The molecule has 2 aromatic rings. The average Bonchev–Trinajstić information content (AvgIpc) is 3.31. The van der Waals surface area contributed by atoms with Crippen LogP contribution in [0.25, 0.3) is 0 Å². The maximum Gasteiger partial charge on any atom is 0.422 e. The van der Waals surface area contributed by atoms with Crippen LogP contribution in [-0.2, 0) is 0 Å². The van der Waals surface area contributed by atoms with Gasteiger partial charge in [0.25, 0.3) is 11.8 Å². The monoisotopic (exact) mass is 487 g/mol. The molecule has 33 heavy (non-hydrogen) atoms. The Balaban J connectivity index is 1.87. The first-order valence-electron chi connectivity index (χ1n) is 9.84. The van der Waals surface area contributed by atoms with Crippen molar-refractivity contribution in [1.82, 2.24) is 9.88 Å². The Kier molecular flexibility index (Phi) is 7.52. The van der Waals surface area contributed by atoms with Gasteiger partial charge in [0.15, 0.2) is 18.1 Å². The molecular formula is C21H21ClF3N3O5. The van der Waals surface area contributed by atoms with Gasteiger partial charge in [-0.05, 0) is 25.0 Å². The van der Waals surface area contributed by atoms with Gasteiger partial charge in [-0.3, -0.25) is 9.59 Å². The van der Waals surface area contributed by atoms with Crippen molar-refractivity contribution in [2.24, 2.45) is 0 Å². The summed E-state index contributed by atoms with van der Waals surface area (Å²) >= 11 is 5.93. The van der Waals surface area contributed by atoms with E-state index in [-0.39, 0.29) is 33.5 Å². The first-order valence-corrected chi connectivity index (χ1v) is 10.2. The van der Waals surface area contributed by atoms with E-state index in [1.165, 1.54) is 26.4 Å². The second kappa shape index (κ2) is 10.2. The van der Waals surface area contributed by atoms with Crippen LogP contribution in [0.3, 0.4) is 0 Å². The highest BCUT2D eigenvalue weighted by Crippen LogP contribution is 2.35. The fraction of sp³-hybridized carbons (Fsp3) is 0.381. The van der Waals surface area contributed by atoms with E-state index in [2.05, 4.69) is 15.0 Å². The molecule has 1 aromatic carbocycles. The van der Waals surface area contributed by atoms with Crippen molar-refractivity contribution in [1.29, 1.82) is 0 Å². The maximum atomic E-state index is 13.0. The standard InChI is InChI=1S/C21H21ClF3N3O5/c1-31-16-8-13(20(30)28-5-3-4-6-28)15(9-17(16)32-2)27-18(29)12-7-14(22)19(26-10-12)33-11-21(23,24)25/h7-10H,3-6,11H2,1-2H3,(H,27,29). The lowest BCUT2D eigenvalue weighted by Gasteiger charge is -2.20. The summed E-state index contributed by atoms with van der Waals surface area (Å²) in [5.74, 6) is -0.821. The molecule has 0 spiro atoms. The number of halogens is 4. The van der Waals surface area contributed by atoms with Crippen molar-refractivity contribution in [2.75, 3.05) is 39.2 Å². The third-order valence-corrected chi connectivity index (χ3v) is 5.11. The lowest BCUT2D eigenvalue weighted by molar-refractivity contribution is -0.154. The van der Waals surface area contributed by atoms with Crippen molar-refractivity contribution in [2.45, 2.75) is 19.0 Å². The number of carbonyl (C=O) groups excluding carboxylic acids is 2. The van der Waals surface area contributed by atoms with Crippen LogP contribution in [0, 0.1) is 0 Å². The van der Waals surface area contributed by atoms with Gasteiger partial charge in [0.2, 0.25) is 5.88 Å². The van der Waals surface area contributed by atoms with Crippen molar-refractivity contribution in [3.63, 3.8) is 0 Å². The molecule has 0 unspecified atom stereocenters. The number of rotatable bonds is 7. The van der Waals surface area contributed by atoms with E-state index in [4.69, 9.17) is 21.1 Å². The number of likely N-dealkylation sites (tertiary alicyclic amines) is 1. The molecule has 0 aliphatic carbocycles. The second-order valence-electron chi connectivity index (χ2n) is 7.12. The molecule has 1 saturated heterocycles. The maximum absolute atomic E-state index is 13.0. The van der Waals surface area contributed by atoms with Crippen molar-refractivity contribution in [3.05, 3.63) is 40.5 Å². The molecule has 178 valence electrons. The normalized spacial score (nSPS) is 13.6. The Labute approximate surface area is 192 Å². The summed E-state index contributed by atoms with van der Waals surface area (Å²) in [5, 5.41) is 2.35. The largest absolute Gasteiger partial charge is 0.493 e. The van der Waals surface area contributed by atoms with E-state index >= 15 is 0 Å². The number of methoxy groups -OCH3 is 2. The van der Waals surface area contributed by atoms with Gasteiger partial charge < -0.3 is 24.4 Å². The Hall–Kier alpha value is -3.21. The third-order valence-electron chi connectivity index (χ3n) is 4.84. The van der Waals surface area contributed by atoms with Crippen LogP contribution in [-0.4, -0.2) is 61.8 Å². The van der Waals surface area contributed by atoms with Crippen LogP contribution in [0.15, 0.2) is 24.4 Å². The van der Waals surface area contributed by atoms with Crippen molar-refractivity contribution >= 4 is 29.1 Å². The van der Waals surface area contributed by atoms with Crippen LogP contribution < -0.4 is 19.5 Å². The van der Waals surface area contributed by atoms with Gasteiger partial charge in [-0.2, -0.15) is 13.2 Å². The third kappa shape index (κ3) is 5.98. The Morgan fingerprint density at radius 1 is 1.12 bits per heavy atom. The highest BCUT2D eigenvalue weighted by Gasteiger charge is 2.29. The van der Waals surface area contributed by atoms with Crippen LogP contribution in [0.5, 0.6) is 17.4 Å². The molecule has 0 bridgehead atoms. The van der Waals surface area contributed by atoms with Crippen molar-refractivity contribution < 1.29 is 37.0 Å². The van der Waals surface area contributed by atoms with Crippen LogP contribution in [0.4, 0.5) is 18.9 Å². The molecule has 12 heteroatoms. The number of hydrogen-bond donors (Lipinski definition) is 1. The Morgan fingerprint density at radius 3 is 2.33 bits per heavy atom. The van der Waals surface area contributed by atoms with Crippen LogP contribution >= 0.6 is 11.6 Å². The fourth-order valence-electron chi connectivity index (χ4n) is 3.25. The molecule has 0 radical (unpaired) electrons. The predicted octanol–water partition coefficient (Wildman–Crippen LogP) is 4.18. The number of pyridine rings is 1. The lowest BCUT2D eigenvalue weighted by Crippen LogP contribution is -2.29. The fourth-order valence-corrected chi connectivity index (χ4v) is 3.47. The summed E-state index contributed by atoms with van der Waals surface area (Å²) < 4.78 is 52.1. The van der Waals surface area contributed by atoms with E-state index in [9.17, 15) is 22.8 Å². The van der Waals surface area contributed by atoms with Gasteiger partial charge in [-0.1, -0.05) is 11.6 Å². The topological polar surface area (TPSA) is 90.0 Å². The van der Waals surface area contributed by atoms with E-state index in [0.717, 1.165) is 25.1 Å². The van der Waals surface area contributed by atoms with Gasteiger partial charge in [0, 0.05) is 25.4 Å². The zero-order valence-electron chi connectivity index (χ0n) is 17.8. The highest BCUT2D eigenvalue weighted by molar-refractivity contribution is 6.32. The Morgan fingerprint density at radius 2 is 1.76 bits per heavy atom. The molecule has 2 amide bonds. The number of carbonyl (C=O) groups is 2. The summed E-state index contributed by atoms with van der Waals surface area (Å²) in [6.45, 7) is -0.377. The molecule has 0 atom stereocenters. The second-order valence-corrected chi connectivity index (χ2v) is 7.53. The van der Waals surface area contributed by atoms with Gasteiger partial charge in [-0.25, -0.2) is 4.98 Å². The van der Waals surface area contributed by atoms with Gasteiger partial charge in [0.05, 0.1) is 31.0 Å². The van der Waals surface area contributed by atoms with Crippen molar-refractivity contribution in [3.8, 4) is 17.4 Å². The molecule has 1 N–H and O–H groups in total. The van der Waals surface area contributed by atoms with E-state index in [1.807, 2.05) is 0 Å². The molecule has 1 aliphatic rings. The Bertz CT molecular complexity index is 1040. The number of amides is 2. The number of anilines is 1. The minimum atomic E-state index is -4.56. The molecule has 1 aliphatic heterocycles. The molecular weight excluding hydrogens is 467 g/mol. The predicted molar refractivity (Wildman–Crippen MR) is 113 cm³/mol. The quantitative estimate of drug-likeness (QED) is 0.630. The first-order chi connectivity index (χ1) is 15.6. The van der Waals surface area contributed by atoms with Crippen LogP contribution in [0.1, 0.15) is 33.6 Å². The molecule has 0 saturated carbocycles. The number of ether oxygens (including phenoxy) is 3. The van der Waals surface area contributed by atoms with Gasteiger partial charge in [-0.15, -0.1) is 0 Å². The number of nitrogens with zero attached hydrogens (tertiary/aromatic N) is 2. The number of nitrogens with one attached hydrogen (secondary N) is 1. The van der Waals surface area contributed by atoms with E-state index < -0.39 is 24.6 Å². The summed E-state index contributed by atoms with van der Waals surface area (Å²) in [6.07, 6.45) is -1.77. The van der Waals surface area contributed by atoms with E-state index in [0.29, 0.717) is 18.8 Å². The smallest absolute Gasteiger partial charge is 0.422 e. The average molecular weight is 488 g/mol. The molecule has 3 rings (SSSR count). The summed E-state index contributed by atoms with van der Waals surface area (Å²) in [7, 11) is 2.84. The minimum Gasteiger partial charge on any atom is -0.493 e. The molecule has 1 fully saturated rings. The molecule has 8 nitrogen and oxygen atoms in total. The van der Waals surface area contributed by atoms with Gasteiger partial charge >= 0.3 is 6.18 Å². The van der Waals surface area contributed by atoms with E-state index in [1.54, 1.807) is 4.90 Å².